The van der Waals surface area contributed by atoms with Gasteiger partial charge in [0.1, 0.15) is 29.1 Å². The van der Waals surface area contributed by atoms with Crippen molar-refractivity contribution in [3.05, 3.63) is 83.6 Å². The van der Waals surface area contributed by atoms with E-state index in [1.807, 2.05) is 0 Å². The van der Waals surface area contributed by atoms with Crippen LogP contribution in [0.25, 0.3) is 5.76 Å². The van der Waals surface area contributed by atoms with Crippen LogP contribution < -0.4 is 9.64 Å². The molecule has 0 aliphatic carbocycles. The van der Waals surface area contributed by atoms with Crippen LogP contribution >= 0.6 is 0 Å². The van der Waals surface area contributed by atoms with E-state index in [2.05, 4.69) is 4.98 Å². The molecule has 1 saturated heterocycles. The van der Waals surface area contributed by atoms with Crippen molar-refractivity contribution in [3.63, 3.8) is 0 Å². The Morgan fingerprint density at radius 1 is 1.14 bits per heavy atom. The number of aliphatic hydroxyl groups excluding tert-OH is 1. The van der Waals surface area contributed by atoms with E-state index in [9.17, 15) is 14.7 Å². The van der Waals surface area contributed by atoms with Crippen LogP contribution in [0.5, 0.6) is 5.75 Å². The van der Waals surface area contributed by atoms with Crippen LogP contribution in [-0.2, 0) is 9.59 Å². The zero-order chi connectivity index (χ0) is 20.5. The van der Waals surface area contributed by atoms with Gasteiger partial charge in [0.2, 0.25) is 0 Å². The smallest absolute Gasteiger partial charge is 0.300 e. The maximum absolute atomic E-state index is 13.0. The molecule has 1 N–H and O–H groups in total. The van der Waals surface area contributed by atoms with E-state index in [1.54, 1.807) is 55.5 Å². The highest BCUT2D eigenvalue weighted by molar-refractivity contribution is 6.51. The molecule has 7 heteroatoms. The van der Waals surface area contributed by atoms with Crippen molar-refractivity contribution in [2.75, 3.05) is 12.0 Å². The fourth-order valence-electron chi connectivity index (χ4n) is 3.39. The lowest BCUT2D eigenvalue weighted by molar-refractivity contribution is -0.132. The SMILES string of the molecule is COc1cccc(N2C(=O)C(=O)/C(=C(\O)c3ccncc3)C2c2ccc(C)o2)c1. The predicted molar refractivity (Wildman–Crippen MR) is 105 cm³/mol. The summed E-state index contributed by atoms with van der Waals surface area (Å²) in [6.07, 6.45) is 3.00. The molecule has 29 heavy (non-hydrogen) atoms. The van der Waals surface area contributed by atoms with Gasteiger partial charge in [0.25, 0.3) is 11.7 Å². The highest BCUT2D eigenvalue weighted by atomic mass is 16.5. The Hall–Kier alpha value is -3.87. The van der Waals surface area contributed by atoms with Gasteiger partial charge in [0.05, 0.1) is 12.7 Å². The average molecular weight is 390 g/mol. The minimum atomic E-state index is -0.913. The summed E-state index contributed by atoms with van der Waals surface area (Å²) in [7, 11) is 1.52. The standard InChI is InChI=1S/C22H18N2O5/c1-13-6-7-17(29-13)19-18(20(25)14-8-10-23-11-9-14)21(26)22(27)24(19)15-4-3-5-16(12-15)28-2/h3-12,19,25H,1-2H3/b20-18-. The Kier molecular flexibility index (Phi) is 4.64. The minimum absolute atomic E-state index is 0.0432. The van der Waals surface area contributed by atoms with Gasteiger partial charge < -0.3 is 14.3 Å². The molecule has 1 aliphatic heterocycles. The topological polar surface area (TPSA) is 92.9 Å². The summed E-state index contributed by atoms with van der Waals surface area (Å²) < 4.78 is 11.0. The number of amides is 1. The van der Waals surface area contributed by atoms with Crippen LogP contribution in [0.15, 0.2) is 70.9 Å². The van der Waals surface area contributed by atoms with Gasteiger partial charge in [-0.3, -0.25) is 19.5 Å². The van der Waals surface area contributed by atoms with Gasteiger partial charge in [-0.2, -0.15) is 0 Å². The first kappa shape index (κ1) is 18.5. The predicted octanol–water partition coefficient (Wildman–Crippen LogP) is 3.62. The monoisotopic (exact) mass is 390 g/mol. The lowest BCUT2D eigenvalue weighted by Gasteiger charge is -2.23. The number of methoxy groups -OCH3 is 1. The number of furan rings is 1. The van der Waals surface area contributed by atoms with Crippen LogP contribution in [0, 0.1) is 6.92 Å². The van der Waals surface area contributed by atoms with Crippen LogP contribution in [0.4, 0.5) is 5.69 Å². The number of ketones is 1. The molecule has 3 aromatic rings. The number of carbonyl (C=O) groups is 2. The van der Waals surface area contributed by atoms with Gasteiger partial charge >= 0.3 is 0 Å². The van der Waals surface area contributed by atoms with Gasteiger partial charge in [-0.1, -0.05) is 6.07 Å². The van der Waals surface area contributed by atoms with E-state index < -0.39 is 17.7 Å². The molecule has 1 unspecified atom stereocenters. The van der Waals surface area contributed by atoms with Crippen molar-refractivity contribution < 1.29 is 23.8 Å². The number of hydrogen-bond acceptors (Lipinski definition) is 6. The van der Waals surface area contributed by atoms with Crippen LogP contribution in [0.1, 0.15) is 23.1 Å². The van der Waals surface area contributed by atoms with Crippen molar-refractivity contribution >= 4 is 23.1 Å². The summed E-state index contributed by atoms with van der Waals surface area (Å²) in [4.78, 5) is 31.2. The minimum Gasteiger partial charge on any atom is -0.507 e. The number of nitrogens with zero attached hydrogens (tertiary/aromatic N) is 2. The highest BCUT2D eigenvalue weighted by Crippen LogP contribution is 2.43. The second kappa shape index (κ2) is 7.27. The Morgan fingerprint density at radius 3 is 2.55 bits per heavy atom. The molecule has 1 aliphatic rings. The molecule has 0 saturated carbocycles. The van der Waals surface area contributed by atoms with Gasteiger partial charge in [0, 0.05) is 29.7 Å². The molecule has 2 aromatic heterocycles. The quantitative estimate of drug-likeness (QED) is 0.416. The third-order valence-electron chi connectivity index (χ3n) is 4.76. The lowest BCUT2D eigenvalue weighted by Crippen LogP contribution is -2.29. The first-order chi connectivity index (χ1) is 14.0. The summed E-state index contributed by atoms with van der Waals surface area (Å²) in [5.41, 5.74) is 0.801. The number of benzene rings is 1. The summed E-state index contributed by atoms with van der Waals surface area (Å²) >= 11 is 0. The second-order valence-electron chi connectivity index (χ2n) is 6.55. The summed E-state index contributed by atoms with van der Waals surface area (Å²) in [5, 5.41) is 10.9. The number of rotatable bonds is 4. The number of ether oxygens (including phenoxy) is 1. The molecule has 1 atom stereocenters. The van der Waals surface area contributed by atoms with Crippen molar-refractivity contribution in [1.29, 1.82) is 0 Å². The summed E-state index contributed by atoms with van der Waals surface area (Å²) in [6, 6.07) is 12.5. The number of aromatic nitrogens is 1. The lowest BCUT2D eigenvalue weighted by atomic mass is 9.99. The molecule has 1 aromatic carbocycles. The van der Waals surface area contributed by atoms with Crippen LogP contribution in [0.2, 0.25) is 0 Å². The molecule has 3 heterocycles. The number of hydrogen-bond donors (Lipinski definition) is 1. The Morgan fingerprint density at radius 2 is 1.90 bits per heavy atom. The van der Waals surface area contributed by atoms with Crippen LogP contribution in [0.3, 0.4) is 0 Å². The molecule has 1 fully saturated rings. The van der Waals surface area contributed by atoms with E-state index in [4.69, 9.17) is 9.15 Å². The van der Waals surface area contributed by atoms with Crippen LogP contribution in [-0.4, -0.2) is 28.9 Å². The van der Waals surface area contributed by atoms with E-state index in [-0.39, 0.29) is 11.3 Å². The third kappa shape index (κ3) is 3.16. The summed E-state index contributed by atoms with van der Waals surface area (Å²) in [5.74, 6) is -0.294. The third-order valence-corrected chi connectivity index (χ3v) is 4.76. The zero-order valence-corrected chi connectivity index (χ0v) is 15.8. The molecule has 146 valence electrons. The van der Waals surface area contributed by atoms with Gasteiger partial charge in [-0.25, -0.2) is 0 Å². The highest BCUT2D eigenvalue weighted by Gasteiger charge is 2.48. The number of Topliss-reactive ketones (excluding diaryl/α,β-unsaturated/α-hetero) is 1. The Bertz CT molecular complexity index is 1120. The fourth-order valence-corrected chi connectivity index (χ4v) is 3.39. The second-order valence-corrected chi connectivity index (χ2v) is 6.55. The van der Waals surface area contributed by atoms with Gasteiger partial charge in [0.15, 0.2) is 0 Å². The van der Waals surface area contributed by atoms with Gasteiger partial charge in [-0.05, 0) is 43.3 Å². The molecule has 0 bridgehead atoms. The maximum Gasteiger partial charge on any atom is 0.300 e. The van der Waals surface area contributed by atoms with E-state index in [0.29, 0.717) is 28.5 Å². The maximum atomic E-state index is 13.0. The molecule has 0 radical (unpaired) electrons. The number of carbonyl (C=O) groups excluding carboxylic acids is 2. The summed E-state index contributed by atoms with van der Waals surface area (Å²) in [6.45, 7) is 1.77. The molecular formula is C22H18N2O5. The molecule has 0 spiro atoms. The molecule has 1 amide bonds. The van der Waals surface area contributed by atoms with E-state index >= 15 is 0 Å². The van der Waals surface area contributed by atoms with E-state index in [1.165, 1.54) is 24.4 Å². The average Bonchev–Trinajstić information content (AvgIpc) is 3.29. The van der Waals surface area contributed by atoms with Crippen molar-refractivity contribution in [3.8, 4) is 5.75 Å². The molecule has 7 nitrogen and oxygen atoms in total. The molecule has 4 rings (SSSR count). The first-order valence-electron chi connectivity index (χ1n) is 8.93. The first-order valence-corrected chi connectivity index (χ1v) is 8.93. The zero-order valence-electron chi connectivity index (χ0n) is 15.8. The van der Waals surface area contributed by atoms with Gasteiger partial charge in [-0.15, -0.1) is 0 Å². The number of anilines is 1. The fraction of sp³-hybridized carbons (Fsp3) is 0.136. The normalized spacial score (nSPS) is 18.3. The van der Waals surface area contributed by atoms with Crippen molar-refractivity contribution in [2.45, 2.75) is 13.0 Å². The Balaban J connectivity index is 1.94. The van der Waals surface area contributed by atoms with E-state index in [0.717, 1.165) is 0 Å². The van der Waals surface area contributed by atoms with Crippen molar-refractivity contribution in [1.82, 2.24) is 4.98 Å². The number of aliphatic hydroxyl groups is 1. The Labute approximate surface area is 166 Å². The van der Waals surface area contributed by atoms with Crippen molar-refractivity contribution in [2.24, 2.45) is 0 Å². The number of aryl methyl sites for hydroxylation is 1. The molecular weight excluding hydrogens is 372 g/mol. The number of pyridine rings is 1. The largest absolute Gasteiger partial charge is 0.507 e.